The van der Waals surface area contributed by atoms with Crippen LogP contribution in [0, 0.1) is 6.92 Å². The van der Waals surface area contributed by atoms with Gasteiger partial charge in [0.2, 0.25) is 5.91 Å². The molecule has 1 aromatic heterocycles. The first kappa shape index (κ1) is 13.2. The molecule has 0 aliphatic heterocycles. The Balaban J connectivity index is 2.62. The first-order valence-electron chi connectivity index (χ1n) is 5.44. The van der Waals surface area contributed by atoms with Crippen LogP contribution in [0.15, 0.2) is 11.4 Å². The molecule has 0 spiro atoms. The zero-order chi connectivity index (χ0) is 12.3. The first-order valence-corrected chi connectivity index (χ1v) is 6.32. The third-order valence-electron chi connectivity index (χ3n) is 2.61. The fraction of sp³-hybridized carbons (Fsp3) is 0.583. The third-order valence-corrected chi connectivity index (χ3v) is 3.81. The Morgan fingerprint density at radius 3 is 2.50 bits per heavy atom. The van der Waals surface area contributed by atoms with Crippen LogP contribution in [-0.4, -0.2) is 30.9 Å². The lowest BCUT2D eigenvalue weighted by Crippen LogP contribution is -2.42. The van der Waals surface area contributed by atoms with Gasteiger partial charge in [0.1, 0.15) is 0 Å². The van der Waals surface area contributed by atoms with Gasteiger partial charge >= 0.3 is 0 Å². The lowest BCUT2D eigenvalue weighted by Gasteiger charge is -2.22. The summed E-state index contributed by atoms with van der Waals surface area (Å²) in [5.74, 6) is 0.112. The fourth-order valence-corrected chi connectivity index (χ4v) is 2.68. The van der Waals surface area contributed by atoms with Crippen molar-refractivity contribution in [3.05, 3.63) is 21.9 Å². The molecule has 1 rings (SSSR count). The number of carbonyl (C=O) groups is 1. The van der Waals surface area contributed by atoms with Gasteiger partial charge in [-0.15, -0.1) is 11.3 Å². The summed E-state index contributed by atoms with van der Waals surface area (Å²) in [7, 11) is 3.56. The minimum Gasteiger partial charge on any atom is -0.347 e. The van der Waals surface area contributed by atoms with Crippen LogP contribution in [0.3, 0.4) is 0 Å². The number of amides is 1. The maximum Gasteiger partial charge on any atom is 0.238 e. The average Bonchev–Trinajstić information content (AvgIpc) is 2.62. The van der Waals surface area contributed by atoms with Crippen molar-refractivity contribution in [1.82, 2.24) is 10.2 Å². The van der Waals surface area contributed by atoms with E-state index in [2.05, 4.69) is 30.6 Å². The highest BCUT2D eigenvalue weighted by molar-refractivity contribution is 7.10. The van der Waals surface area contributed by atoms with E-state index < -0.39 is 0 Å². The van der Waals surface area contributed by atoms with E-state index in [1.165, 1.54) is 10.4 Å². The maximum absolute atomic E-state index is 11.7. The van der Waals surface area contributed by atoms with Crippen LogP contribution in [0.2, 0.25) is 0 Å². The van der Waals surface area contributed by atoms with Crippen molar-refractivity contribution in [2.45, 2.75) is 32.9 Å². The molecule has 0 aromatic carbocycles. The van der Waals surface area contributed by atoms with Gasteiger partial charge in [-0.25, -0.2) is 0 Å². The third kappa shape index (κ3) is 3.06. The molecular weight excluding hydrogens is 220 g/mol. The normalized spacial score (nSPS) is 14.6. The second-order valence-corrected chi connectivity index (χ2v) is 5.26. The summed E-state index contributed by atoms with van der Waals surface area (Å²) in [6.45, 7) is 6.10. The second kappa shape index (κ2) is 5.46. The number of hydrogen-bond acceptors (Lipinski definition) is 3. The van der Waals surface area contributed by atoms with Gasteiger partial charge in [-0.2, -0.15) is 0 Å². The van der Waals surface area contributed by atoms with Crippen LogP contribution >= 0.6 is 11.3 Å². The van der Waals surface area contributed by atoms with E-state index in [1.807, 2.05) is 6.92 Å². The monoisotopic (exact) mass is 240 g/mol. The van der Waals surface area contributed by atoms with Gasteiger partial charge in [0.25, 0.3) is 0 Å². The minimum absolute atomic E-state index is 0.112. The van der Waals surface area contributed by atoms with Crippen LogP contribution in [0.5, 0.6) is 0 Å². The van der Waals surface area contributed by atoms with Crippen molar-refractivity contribution in [3.63, 3.8) is 0 Å². The van der Waals surface area contributed by atoms with E-state index in [0.29, 0.717) is 0 Å². The molecule has 90 valence electrons. The Morgan fingerprint density at radius 2 is 2.06 bits per heavy atom. The Bertz CT molecular complexity index is 360. The number of thiophene rings is 1. The summed E-state index contributed by atoms with van der Waals surface area (Å²) in [6, 6.07) is 2.18. The van der Waals surface area contributed by atoms with E-state index in [1.54, 1.807) is 30.3 Å². The van der Waals surface area contributed by atoms with Crippen molar-refractivity contribution >= 4 is 17.2 Å². The largest absolute Gasteiger partial charge is 0.347 e. The van der Waals surface area contributed by atoms with E-state index in [9.17, 15) is 4.79 Å². The number of aryl methyl sites for hydroxylation is 1. The molecule has 1 amide bonds. The molecule has 0 aliphatic carbocycles. The molecule has 0 fully saturated rings. The first-order chi connectivity index (χ1) is 7.43. The van der Waals surface area contributed by atoms with Gasteiger partial charge in [0.05, 0.1) is 6.04 Å². The molecule has 4 heteroatoms. The summed E-state index contributed by atoms with van der Waals surface area (Å²) in [5.41, 5.74) is 1.29. The van der Waals surface area contributed by atoms with Gasteiger partial charge in [-0.3, -0.25) is 10.1 Å². The molecule has 1 N–H and O–H groups in total. The highest BCUT2D eigenvalue weighted by Gasteiger charge is 2.18. The van der Waals surface area contributed by atoms with Crippen LogP contribution in [-0.2, 0) is 4.79 Å². The van der Waals surface area contributed by atoms with Gasteiger partial charge < -0.3 is 4.90 Å². The van der Waals surface area contributed by atoms with E-state index in [-0.39, 0.29) is 18.0 Å². The Hall–Kier alpha value is -0.870. The highest BCUT2D eigenvalue weighted by Crippen LogP contribution is 2.23. The van der Waals surface area contributed by atoms with Crippen LogP contribution < -0.4 is 5.32 Å². The number of likely N-dealkylation sites (N-methyl/N-ethyl adjacent to an activating group) is 1. The Morgan fingerprint density at radius 1 is 1.44 bits per heavy atom. The number of nitrogens with zero attached hydrogens (tertiary/aromatic N) is 1. The number of carbonyl (C=O) groups excluding carboxylic acids is 1. The molecule has 1 aromatic rings. The van der Waals surface area contributed by atoms with Gasteiger partial charge in [-0.1, -0.05) is 0 Å². The summed E-state index contributed by atoms with van der Waals surface area (Å²) in [5, 5.41) is 5.41. The topological polar surface area (TPSA) is 32.3 Å². The van der Waals surface area contributed by atoms with Crippen LogP contribution in [0.1, 0.15) is 30.3 Å². The maximum atomic E-state index is 11.7. The summed E-state index contributed by atoms with van der Waals surface area (Å²) in [4.78, 5) is 14.6. The highest BCUT2D eigenvalue weighted by atomic mass is 32.1. The predicted octanol–water partition coefficient (Wildman–Crippen LogP) is 2.18. The number of rotatable bonds is 4. The average molecular weight is 240 g/mol. The Labute approximate surface area is 101 Å². The molecule has 0 bridgehead atoms. The van der Waals surface area contributed by atoms with Gasteiger partial charge in [-0.05, 0) is 37.8 Å². The molecule has 3 nitrogen and oxygen atoms in total. The molecule has 2 unspecified atom stereocenters. The summed E-state index contributed by atoms with van der Waals surface area (Å²) in [6.07, 6.45) is 0. The van der Waals surface area contributed by atoms with Crippen molar-refractivity contribution in [1.29, 1.82) is 0 Å². The predicted molar refractivity (Wildman–Crippen MR) is 68.8 cm³/mol. The lowest BCUT2D eigenvalue weighted by molar-refractivity contribution is -0.130. The molecule has 2 atom stereocenters. The summed E-state index contributed by atoms with van der Waals surface area (Å²) < 4.78 is 0. The molecule has 0 saturated carbocycles. The zero-order valence-corrected chi connectivity index (χ0v) is 11.4. The lowest BCUT2D eigenvalue weighted by atomic mass is 10.1. The molecule has 0 saturated heterocycles. The molecular formula is C12H20N2OS. The molecule has 1 heterocycles. The van der Waals surface area contributed by atoms with Crippen molar-refractivity contribution in [2.24, 2.45) is 0 Å². The standard InChI is InChI=1S/C12H20N2OS/c1-8-6-7-16-11(8)9(2)13-10(3)12(15)14(4)5/h6-7,9-10,13H,1-5H3. The van der Waals surface area contributed by atoms with E-state index in [0.717, 1.165) is 0 Å². The smallest absolute Gasteiger partial charge is 0.238 e. The summed E-state index contributed by atoms with van der Waals surface area (Å²) >= 11 is 1.73. The SMILES string of the molecule is Cc1ccsc1C(C)NC(C)C(=O)N(C)C. The molecule has 0 aliphatic rings. The van der Waals surface area contributed by atoms with Gasteiger partial charge in [0, 0.05) is 25.0 Å². The molecule has 0 radical (unpaired) electrons. The van der Waals surface area contributed by atoms with E-state index in [4.69, 9.17) is 0 Å². The number of nitrogens with one attached hydrogen (secondary N) is 1. The van der Waals surface area contributed by atoms with E-state index >= 15 is 0 Å². The second-order valence-electron chi connectivity index (χ2n) is 4.31. The molecule has 16 heavy (non-hydrogen) atoms. The quantitative estimate of drug-likeness (QED) is 0.875. The zero-order valence-electron chi connectivity index (χ0n) is 10.6. The van der Waals surface area contributed by atoms with Crippen LogP contribution in [0.4, 0.5) is 0 Å². The van der Waals surface area contributed by atoms with Crippen molar-refractivity contribution < 1.29 is 4.79 Å². The van der Waals surface area contributed by atoms with Crippen molar-refractivity contribution in [3.8, 4) is 0 Å². The fourth-order valence-electron chi connectivity index (χ4n) is 1.74. The van der Waals surface area contributed by atoms with Crippen molar-refractivity contribution in [2.75, 3.05) is 14.1 Å². The van der Waals surface area contributed by atoms with Gasteiger partial charge in [0.15, 0.2) is 0 Å². The van der Waals surface area contributed by atoms with Crippen LogP contribution in [0.25, 0.3) is 0 Å². The minimum atomic E-state index is -0.147. The Kier molecular flexibility index (Phi) is 4.50. The number of hydrogen-bond donors (Lipinski definition) is 1.